The molecular weight excluding hydrogens is 490 g/mol. The summed E-state index contributed by atoms with van der Waals surface area (Å²) in [6, 6.07) is 29.7. The topological polar surface area (TPSA) is 44.6 Å². The van der Waals surface area contributed by atoms with E-state index in [1.807, 2.05) is 6.07 Å². The highest BCUT2D eigenvalue weighted by molar-refractivity contribution is 6.01. The number of aromatic nitrogens is 2. The molecule has 0 bridgehead atoms. The van der Waals surface area contributed by atoms with Gasteiger partial charge in [0.25, 0.3) is 0 Å². The van der Waals surface area contributed by atoms with E-state index in [1.54, 1.807) is 0 Å². The first kappa shape index (κ1) is 25.8. The van der Waals surface area contributed by atoms with Crippen LogP contribution in [0.3, 0.4) is 0 Å². The lowest BCUT2D eigenvalue weighted by Gasteiger charge is -2.23. The van der Waals surface area contributed by atoms with E-state index in [-0.39, 0.29) is 6.04 Å². The van der Waals surface area contributed by atoms with E-state index in [4.69, 9.17) is 15.1 Å². The summed E-state index contributed by atoms with van der Waals surface area (Å²) in [5, 5.41) is 9.53. The minimum Gasteiger partial charge on any atom is -0.372 e. The summed E-state index contributed by atoms with van der Waals surface area (Å²) in [7, 11) is 0. The highest BCUT2D eigenvalue weighted by atomic mass is 15.5. The van der Waals surface area contributed by atoms with Crippen LogP contribution in [-0.4, -0.2) is 28.8 Å². The molecule has 40 heavy (non-hydrogen) atoms. The zero-order valence-corrected chi connectivity index (χ0v) is 23.7. The van der Waals surface area contributed by atoms with Crippen molar-refractivity contribution in [3.8, 4) is 0 Å². The fourth-order valence-electron chi connectivity index (χ4n) is 5.65. The van der Waals surface area contributed by atoms with E-state index in [0.717, 1.165) is 53.3 Å². The maximum atomic E-state index is 5.11. The van der Waals surface area contributed by atoms with Gasteiger partial charge in [-0.15, -0.1) is 0 Å². The summed E-state index contributed by atoms with van der Waals surface area (Å²) in [5.74, 6) is 0.848. The van der Waals surface area contributed by atoms with Crippen LogP contribution in [0.4, 0.5) is 11.5 Å². The second-order valence-electron chi connectivity index (χ2n) is 10.4. The van der Waals surface area contributed by atoms with Gasteiger partial charge >= 0.3 is 0 Å². The minimum absolute atomic E-state index is 0.0407. The summed E-state index contributed by atoms with van der Waals surface area (Å²) >= 11 is 0. The third-order valence-electron chi connectivity index (χ3n) is 7.85. The molecule has 5 heteroatoms. The van der Waals surface area contributed by atoms with Gasteiger partial charge < -0.3 is 4.90 Å². The summed E-state index contributed by atoms with van der Waals surface area (Å²) in [6.07, 6.45) is 5.05. The molecule has 5 nitrogen and oxygen atoms in total. The molecule has 0 N–H and O–H groups in total. The molecule has 0 aliphatic carbocycles. The van der Waals surface area contributed by atoms with E-state index < -0.39 is 0 Å². The third-order valence-corrected chi connectivity index (χ3v) is 7.85. The molecule has 1 aliphatic heterocycles. The maximum Gasteiger partial charge on any atom is 0.150 e. The van der Waals surface area contributed by atoms with Crippen molar-refractivity contribution in [3.05, 3.63) is 113 Å². The number of para-hydroxylation sites is 2. The second kappa shape index (κ2) is 10.9. The van der Waals surface area contributed by atoms with Gasteiger partial charge in [0.1, 0.15) is 11.9 Å². The maximum absolute atomic E-state index is 5.11. The number of fused-ring (bicyclic) bond motifs is 2. The van der Waals surface area contributed by atoms with E-state index in [2.05, 4.69) is 129 Å². The van der Waals surface area contributed by atoms with Crippen molar-refractivity contribution in [3.63, 3.8) is 0 Å². The first-order chi connectivity index (χ1) is 19.5. The van der Waals surface area contributed by atoms with Crippen LogP contribution in [0.5, 0.6) is 0 Å². The lowest BCUT2D eigenvalue weighted by Crippen LogP contribution is -2.21. The predicted molar refractivity (Wildman–Crippen MR) is 169 cm³/mol. The van der Waals surface area contributed by atoms with E-state index in [9.17, 15) is 0 Å². The van der Waals surface area contributed by atoms with Crippen molar-refractivity contribution in [2.24, 2.45) is 5.10 Å². The molecule has 0 radical (unpaired) electrons. The van der Waals surface area contributed by atoms with E-state index in [0.29, 0.717) is 0 Å². The van der Waals surface area contributed by atoms with E-state index in [1.165, 1.54) is 27.6 Å². The Kier molecular flexibility index (Phi) is 7.04. The van der Waals surface area contributed by atoms with Gasteiger partial charge in [-0.25, -0.2) is 9.99 Å². The SMILES string of the molecule is CCN(CC)c1ccc(C=CC2=NN(c3cc(C)c4ccccc4n3)C(c3cc(C)c4ccccc4n3)C2)cc1. The molecule has 0 saturated carbocycles. The van der Waals surface area contributed by atoms with Crippen LogP contribution in [0.2, 0.25) is 0 Å². The fraction of sp³-hybridized carbons (Fsp3) is 0.229. The Hall–Kier alpha value is -4.51. The number of anilines is 2. The molecule has 1 unspecified atom stereocenters. The van der Waals surface area contributed by atoms with Gasteiger partial charge in [0.15, 0.2) is 0 Å². The lowest BCUT2D eigenvalue weighted by atomic mass is 10.0. The number of aryl methyl sites for hydroxylation is 2. The number of nitrogens with zero attached hydrogens (tertiary/aromatic N) is 5. The Labute approximate surface area is 236 Å². The number of allylic oxidation sites excluding steroid dienone is 1. The van der Waals surface area contributed by atoms with Gasteiger partial charge in [0.2, 0.25) is 0 Å². The van der Waals surface area contributed by atoms with Crippen LogP contribution >= 0.6 is 0 Å². The number of rotatable bonds is 7. The molecule has 0 amide bonds. The Balaban J connectivity index is 1.37. The number of hydrogen-bond acceptors (Lipinski definition) is 5. The molecule has 0 spiro atoms. The second-order valence-corrected chi connectivity index (χ2v) is 10.4. The summed E-state index contributed by atoms with van der Waals surface area (Å²) < 4.78 is 0. The molecule has 0 saturated heterocycles. The molecule has 200 valence electrons. The molecule has 5 aromatic rings. The smallest absolute Gasteiger partial charge is 0.150 e. The first-order valence-electron chi connectivity index (χ1n) is 14.2. The average molecular weight is 526 g/mol. The van der Waals surface area contributed by atoms with Crippen molar-refractivity contribution in [1.82, 2.24) is 9.97 Å². The van der Waals surface area contributed by atoms with Crippen LogP contribution in [0, 0.1) is 13.8 Å². The number of pyridine rings is 2. The molecular formula is C35H35N5. The largest absolute Gasteiger partial charge is 0.372 e. The lowest BCUT2D eigenvalue weighted by molar-refractivity contribution is 0.681. The highest BCUT2D eigenvalue weighted by Crippen LogP contribution is 2.37. The van der Waals surface area contributed by atoms with Gasteiger partial charge in [-0.2, -0.15) is 5.10 Å². The van der Waals surface area contributed by atoms with Crippen LogP contribution in [0.25, 0.3) is 27.9 Å². The van der Waals surface area contributed by atoms with Gasteiger partial charge in [-0.1, -0.05) is 54.6 Å². The van der Waals surface area contributed by atoms with Gasteiger partial charge in [-0.3, -0.25) is 4.98 Å². The van der Waals surface area contributed by atoms with Crippen LogP contribution in [0.1, 0.15) is 48.7 Å². The quantitative estimate of drug-likeness (QED) is 0.214. The Bertz CT molecular complexity index is 1730. The van der Waals surface area contributed by atoms with E-state index >= 15 is 0 Å². The monoisotopic (exact) mass is 525 g/mol. The van der Waals surface area contributed by atoms with Crippen molar-refractivity contribution in [1.29, 1.82) is 0 Å². The van der Waals surface area contributed by atoms with Gasteiger partial charge in [0.05, 0.1) is 22.4 Å². The molecule has 2 aromatic heterocycles. The molecule has 0 fully saturated rings. The number of hydrogen-bond donors (Lipinski definition) is 0. The average Bonchev–Trinajstić information content (AvgIpc) is 3.42. The predicted octanol–water partition coefficient (Wildman–Crippen LogP) is 8.27. The molecule has 1 aliphatic rings. The van der Waals surface area contributed by atoms with Crippen LogP contribution in [0.15, 0.2) is 96.1 Å². The minimum atomic E-state index is -0.0407. The highest BCUT2D eigenvalue weighted by Gasteiger charge is 2.31. The zero-order chi connectivity index (χ0) is 27.6. The summed E-state index contributed by atoms with van der Waals surface area (Å²) in [5.41, 5.74) is 8.84. The van der Waals surface area contributed by atoms with Crippen LogP contribution < -0.4 is 9.91 Å². The number of benzene rings is 3. The zero-order valence-electron chi connectivity index (χ0n) is 23.7. The van der Waals surface area contributed by atoms with Crippen molar-refractivity contribution in [2.75, 3.05) is 23.0 Å². The molecule has 6 rings (SSSR count). The Morgan fingerprint density at radius 2 is 1.40 bits per heavy atom. The van der Waals surface area contributed by atoms with Crippen LogP contribution in [-0.2, 0) is 0 Å². The Morgan fingerprint density at radius 1 is 0.775 bits per heavy atom. The van der Waals surface area contributed by atoms with Crippen molar-refractivity contribution < 1.29 is 0 Å². The van der Waals surface area contributed by atoms with Gasteiger partial charge in [0, 0.05) is 36.0 Å². The molecule has 3 aromatic carbocycles. The van der Waals surface area contributed by atoms with Crippen molar-refractivity contribution >= 4 is 45.1 Å². The third kappa shape index (κ3) is 4.95. The van der Waals surface area contributed by atoms with Crippen molar-refractivity contribution in [2.45, 2.75) is 40.2 Å². The molecule has 1 atom stereocenters. The normalized spacial score (nSPS) is 15.3. The summed E-state index contributed by atoms with van der Waals surface area (Å²) in [4.78, 5) is 12.5. The first-order valence-corrected chi connectivity index (χ1v) is 14.2. The molecule has 3 heterocycles. The fourth-order valence-corrected chi connectivity index (χ4v) is 5.65. The van der Waals surface area contributed by atoms with Gasteiger partial charge in [-0.05, 0) is 86.9 Å². The Morgan fingerprint density at radius 3 is 2.08 bits per heavy atom. The number of hydrazone groups is 1. The summed E-state index contributed by atoms with van der Waals surface area (Å²) in [6.45, 7) is 10.7. The standard InChI is InChI=1S/C35H35N5/c1-5-39(6-2)28-19-16-26(17-20-28)15-18-27-23-34(33-21-24(3)29-11-7-9-13-31(29)36-33)40(38-27)35-22-25(4)30-12-8-10-14-32(30)37-35/h7-22,34H,5-6,23H2,1-4H3.